The summed E-state index contributed by atoms with van der Waals surface area (Å²) >= 11 is 0. The second-order valence-electron chi connectivity index (χ2n) is 9.97. The van der Waals surface area contributed by atoms with Crippen LogP contribution in [0.3, 0.4) is 0 Å². The minimum atomic E-state index is -0.538. The number of aromatic nitrogens is 4. The van der Waals surface area contributed by atoms with E-state index < -0.39 is 6.10 Å². The smallest absolute Gasteiger partial charge is 0.231 e. The van der Waals surface area contributed by atoms with Crippen LogP contribution in [0.4, 0.5) is 11.5 Å². The molecular weight excluding hydrogens is 482 g/mol. The molecule has 1 unspecified atom stereocenters. The van der Waals surface area contributed by atoms with E-state index in [0.29, 0.717) is 35.8 Å². The summed E-state index contributed by atoms with van der Waals surface area (Å²) in [7, 11) is 0. The van der Waals surface area contributed by atoms with Crippen LogP contribution in [0.15, 0.2) is 42.7 Å². The standard InChI is InChI=1S/C28H33N7O3/c1-18-5-4-6-23(19(18)2)34-11-9-33(10-12-34)15-22(36)14-29-27-26-28(31-16-30-27)35(20(3)32-26)21-7-8-24-25(13-21)38-17-37-24/h4-8,13,16,22,36H,9-12,14-15,17H2,1-3H3,(H,29,30,31). The summed E-state index contributed by atoms with van der Waals surface area (Å²) in [5.41, 5.74) is 6.22. The van der Waals surface area contributed by atoms with Crippen LogP contribution < -0.4 is 19.7 Å². The molecule has 198 valence electrons. The molecule has 2 aromatic carbocycles. The zero-order valence-electron chi connectivity index (χ0n) is 22.0. The van der Waals surface area contributed by atoms with E-state index in [9.17, 15) is 5.11 Å². The summed E-state index contributed by atoms with van der Waals surface area (Å²) in [5, 5.41) is 14.1. The van der Waals surface area contributed by atoms with Crippen LogP contribution >= 0.6 is 0 Å². The fourth-order valence-corrected chi connectivity index (χ4v) is 5.29. The zero-order chi connectivity index (χ0) is 26.2. The Morgan fingerprint density at radius 1 is 1.00 bits per heavy atom. The third-order valence-corrected chi connectivity index (χ3v) is 7.49. The monoisotopic (exact) mass is 515 g/mol. The normalized spacial score (nSPS) is 16.3. The average Bonchev–Trinajstić information content (AvgIpc) is 3.53. The van der Waals surface area contributed by atoms with Crippen LogP contribution in [0.1, 0.15) is 17.0 Å². The first-order valence-electron chi connectivity index (χ1n) is 13.0. The van der Waals surface area contributed by atoms with E-state index in [-0.39, 0.29) is 6.79 Å². The van der Waals surface area contributed by atoms with Gasteiger partial charge in [-0.15, -0.1) is 0 Å². The van der Waals surface area contributed by atoms with Crippen LogP contribution in [0.2, 0.25) is 0 Å². The number of hydrogen-bond donors (Lipinski definition) is 2. The van der Waals surface area contributed by atoms with Crippen LogP contribution in [-0.2, 0) is 0 Å². The van der Waals surface area contributed by atoms with E-state index in [1.807, 2.05) is 29.7 Å². The highest BCUT2D eigenvalue weighted by molar-refractivity contribution is 5.84. The number of nitrogens with one attached hydrogen (secondary N) is 1. The number of anilines is 2. The van der Waals surface area contributed by atoms with Crippen LogP contribution in [0.25, 0.3) is 16.9 Å². The number of imidazole rings is 1. The van der Waals surface area contributed by atoms with Gasteiger partial charge in [0.05, 0.1) is 11.8 Å². The Bertz CT molecular complexity index is 1460. The number of aliphatic hydroxyl groups excluding tert-OH is 1. The number of hydrogen-bond acceptors (Lipinski definition) is 9. The Morgan fingerprint density at radius 3 is 2.66 bits per heavy atom. The molecule has 10 heteroatoms. The topological polar surface area (TPSA) is 101 Å². The summed E-state index contributed by atoms with van der Waals surface area (Å²) in [4.78, 5) is 18.4. The third-order valence-electron chi connectivity index (χ3n) is 7.49. The van der Waals surface area contributed by atoms with Crippen molar-refractivity contribution in [3.8, 4) is 17.2 Å². The predicted octanol–water partition coefficient (Wildman–Crippen LogP) is 3.06. The second kappa shape index (κ2) is 10.1. The van der Waals surface area contributed by atoms with Gasteiger partial charge in [0, 0.05) is 51.0 Å². The van der Waals surface area contributed by atoms with E-state index in [1.54, 1.807) is 0 Å². The van der Waals surface area contributed by atoms with Crippen LogP contribution in [-0.4, -0.2) is 81.7 Å². The van der Waals surface area contributed by atoms with Gasteiger partial charge >= 0.3 is 0 Å². The molecule has 1 fully saturated rings. The molecule has 2 aromatic heterocycles. The largest absolute Gasteiger partial charge is 0.454 e. The highest BCUT2D eigenvalue weighted by Gasteiger charge is 2.22. The van der Waals surface area contributed by atoms with E-state index in [1.165, 1.54) is 23.1 Å². The van der Waals surface area contributed by atoms with Crippen molar-refractivity contribution >= 4 is 22.7 Å². The van der Waals surface area contributed by atoms with Gasteiger partial charge in [-0.05, 0) is 50.1 Å². The minimum absolute atomic E-state index is 0.225. The lowest BCUT2D eigenvalue weighted by molar-refractivity contribution is 0.118. The first kappa shape index (κ1) is 24.4. The molecule has 2 aliphatic rings. The molecular formula is C28H33N7O3. The van der Waals surface area contributed by atoms with Gasteiger partial charge in [-0.1, -0.05) is 12.1 Å². The molecule has 2 N–H and O–H groups in total. The lowest BCUT2D eigenvalue weighted by Gasteiger charge is -2.37. The van der Waals surface area contributed by atoms with Crippen LogP contribution in [0.5, 0.6) is 11.5 Å². The van der Waals surface area contributed by atoms with Crippen molar-refractivity contribution in [1.82, 2.24) is 24.4 Å². The number of rotatable bonds is 7. The summed E-state index contributed by atoms with van der Waals surface area (Å²) in [6.45, 7) is 11.2. The number of nitrogens with zero attached hydrogens (tertiary/aromatic N) is 6. The van der Waals surface area contributed by atoms with Gasteiger partial charge in [-0.2, -0.15) is 0 Å². The Balaban J connectivity index is 1.09. The maximum Gasteiger partial charge on any atom is 0.231 e. The fraction of sp³-hybridized carbons (Fsp3) is 0.393. The van der Waals surface area contributed by atoms with E-state index >= 15 is 0 Å². The van der Waals surface area contributed by atoms with Gasteiger partial charge in [0.15, 0.2) is 28.5 Å². The summed E-state index contributed by atoms with van der Waals surface area (Å²) in [6, 6.07) is 12.3. The Morgan fingerprint density at radius 2 is 1.82 bits per heavy atom. The fourth-order valence-electron chi connectivity index (χ4n) is 5.29. The van der Waals surface area contributed by atoms with Gasteiger partial charge in [0.25, 0.3) is 0 Å². The number of aliphatic hydroxyl groups is 1. The number of benzene rings is 2. The molecule has 4 aromatic rings. The molecule has 0 amide bonds. The average molecular weight is 516 g/mol. The molecule has 0 aliphatic carbocycles. The lowest BCUT2D eigenvalue weighted by Crippen LogP contribution is -2.49. The Kier molecular flexibility index (Phi) is 6.50. The third kappa shape index (κ3) is 4.61. The maximum atomic E-state index is 10.8. The first-order chi connectivity index (χ1) is 18.5. The van der Waals surface area contributed by atoms with Crippen molar-refractivity contribution < 1.29 is 14.6 Å². The molecule has 4 heterocycles. The quantitative estimate of drug-likeness (QED) is 0.385. The first-order valence-corrected chi connectivity index (χ1v) is 13.0. The summed E-state index contributed by atoms with van der Waals surface area (Å²) in [5.74, 6) is 2.82. The van der Waals surface area contributed by atoms with Gasteiger partial charge in [-0.25, -0.2) is 15.0 Å². The molecule has 0 spiro atoms. The van der Waals surface area contributed by atoms with Crippen molar-refractivity contribution in [2.24, 2.45) is 0 Å². The van der Waals surface area contributed by atoms with E-state index in [4.69, 9.17) is 14.5 Å². The molecule has 0 bridgehead atoms. The van der Waals surface area contributed by atoms with Gasteiger partial charge in [-0.3, -0.25) is 9.47 Å². The van der Waals surface area contributed by atoms with Gasteiger partial charge < -0.3 is 24.8 Å². The van der Waals surface area contributed by atoms with Crippen molar-refractivity contribution in [1.29, 1.82) is 0 Å². The minimum Gasteiger partial charge on any atom is -0.454 e. The molecule has 1 saturated heterocycles. The Labute approximate surface area is 221 Å². The molecule has 2 aliphatic heterocycles. The summed E-state index contributed by atoms with van der Waals surface area (Å²) in [6.07, 6.45) is 0.984. The van der Waals surface area contributed by atoms with E-state index in [2.05, 4.69) is 57.1 Å². The maximum absolute atomic E-state index is 10.8. The number of aryl methyl sites for hydroxylation is 2. The van der Waals surface area contributed by atoms with E-state index in [0.717, 1.165) is 43.4 Å². The second-order valence-corrected chi connectivity index (χ2v) is 9.97. The number of piperazine rings is 1. The van der Waals surface area contributed by atoms with Gasteiger partial charge in [0.2, 0.25) is 6.79 Å². The number of ether oxygens (including phenoxy) is 2. The van der Waals surface area contributed by atoms with Crippen LogP contribution in [0, 0.1) is 20.8 Å². The lowest BCUT2D eigenvalue weighted by atomic mass is 10.1. The molecule has 0 saturated carbocycles. The molecule has 1 atom stereocenters. The highest BCUT2D eigenvalue weighted by Crippen LogP contribution is 2.35. The zero-order valence-corrected chi connectivity index (χ0v) is 22.0. The Hall–Kier alpha value is -3.89. The highest BCUT2D eigenvalue weighted by atomic mass is 16.7. The summed E-state index contributed by atoms with van der Waals surface area (Å²) < 4.78 is 12.9. The number of fused-ring (bicyclic) bond motifs is 2. The molecule has 10 nitrogen and oxygen atoms in total. The number of β-amino-alcohol motifs (C(OH)–C–C–N with tert-alkyl or cyclic N) is 1. The van der Waals surface area contributed by atoms with Crippen molar-refractivity contribution in [3.63, 3.8) is 0 Å². The molecule has 6 rings (SSSR count). The van der Waals surface area contributed by atoms with Crippen molar-refractivity contribution in [2.75, 3.05) is 56.3 Å². The van der Waals surface area contributed by atoms with Crippen molar-refractivity contribution in [3.05, 3.63) is 59.7 Å². The SMILES string of the molecule is Cc1cccc(N2CCN(CC(O)CNc3ncnc4c3nc(C)n4-c3ccc4c(c3)OCO4)CC2)c1C. The van der Waals surface area contributed by atoms with Gasteiger partial charge in [0.1, 0.15) is 12.2 Å². The molecule has 0 radical (unpaired) electrons. The molecule has 38 heavy (non-hydrogen) atoms. The predicted molar refractivity (Wildman–Crippen MR) is 147 cm³/mol. The van der Waals surface area contributed by atoms with Crippen molar-refractivity contribution in [2.45, 2.75) is 26.9 Å².